The number of hydrogen-bond donors (Lipinski definition) is 0. The second-order valence-corrected chi connectivity index (χ2v) is 6.32. The van der Waals surface area contributed by atoms with Crippen LogP contribution in [0.2, 0.25) is 5.02 Å². The molecule has 0 aromatic heterocycles. The van der Waals surface area contributed by atoms with Crippen LogP contribution in [0.25, 0.3) is 11.6 Å². The van der Waals surface area contributed by atoms with Crippen LogP contribution in [0.15, 0.2) is 36.4 Å². The number of aliphatic carboxylic acids is 1. The predicted molar refractivity (Wildman–Crippen MR) is 99.9 cm³/mol. The van der Waals surface area contributed by atoms with Gasteiger partial charge in [-0.15, -0.1) is 0 Å². The minimum absolute atomic E-state index is 0.153. The normalized spacial score (nSPS) is 14.8. The van der Waals surface area contributed by atoms with Crippen molar-refractivity contribution in [2.75, 3.05) is 20.8 Å². The zero-order valence-corrected chi connectivity index (χ0v) is 15.8. The molecule has 0 saturated carbocycles. The standard InChI is InChI=1S/C20H16ClNO6/c1-27-16-9-11(8-15(21)18(16)28-2)7-14-12-5-3-4-6-13(12)19(25)22(20(14)26)10-17(23)24/h3-9H,10H2,1-2H3,(H,23,24)/p-1/b14-7-. The number of hydrogen-bond acceptors (Lipinski definition) is 6. The first kappa shape index (κ1) is 19.4. The van der Waals surface area contributed by atoms with Crippen LogP contribution in [0.1, 0.15) is 21.5 Å². The summed E-state index contributed by atoms with van der Waals surface area (Å²) in [6, 6.07) is 9.66. The van der Waals surface area contributed by atoms with Crippen LogP contribution in [-0.2, 0) is 9.59 Å². The van der Waals surface area contributed by atoms with Crippen molar-refractivity contribution < 1.29 is 29.0 Å². The average Bonchev–Trinajstić information content (AvgIpc) is 2.67. The van der Waals surface area contributed by atoms with Gasteiger partial charge in [0, 0.05) is 11.1 Å². The highest BCUT2D eigenvalue weighted by molar-refractivity contribution is 6.35. The number of benzene rings is 2. The summed E-state index contributed by atoms with van der Waals surface area (Å²) < 4.78 is 10.5. The summed E-state index contributed by atoms with van der Waals surface area (Å²) in [5.41, 5.74) is 1.29. The van der Waals surface area contributed by atoms with Crippen molar-refractivity contribution in [1.82, 2.24) is 4.90 Å². The SMILES string of the molecule is COc1cc(/C=C2\C(=O)N(CC(=O)[O-])C(=O)c3ccccc32)cc(Cl)c1OC. The van der Waals surface area contributed by atoms with E-state index >= 15 is 0 Å². The molecule has 7 nitrogen and oxygen atoms in total. The molecule has 0 atom stereocenters. The monoisotopic (exact) mass is 400 g/mol. The number of fused-ring (bicyclic) bond motifs is 1. The molecule has 0 spiro atoms. The summed E-state index contributed by atoms with van der Waals surface area (Å²) in [6.07, 6.45) is 1.52. The molecule has 1 aliphatic rings. The Kier molecular flexibility index (Phi) is 5.37. The van der Waals surface area contributed by atoms with Gasteiger partial charge in [0.2, 0.25) is 0 Å². The van der Waals surface area contributed by atoms with E-state index in [4.69, 9.17) is 21.1 Å². The molecule has 28 heavy (non-hydrogen) atoms. The first-order valence-electron chi connectivity index (χ1n) is 8.16. The third-order valence-electron chi connectivity index (χ3n) is 4.22. The molecule has 1 aliphatic heterocycles. The summed E-state index contributed by atoms with van der Waals surface area (Å²) in [4.78, 5) is 37.0. The third-order valence-corrected chi connectivity index (χ3v) is 4.50. The topological polar surface area (TPSA) is 96.0 Å². The van der Waals surface area contributed by atoms with Gasteiger partial charge >= 0.3 is 0 Å². The van der Waals surface area contributed by atoms with E-state index < -0.39 is 24.3 Å². The summed E-state index contributed by atoms with van der Waals surface area (Å²) in [5, 5.41) is 11.3. The van der Waals surface area contributed by atoms with E-state index in [-0.39, 0.29) is 16.2 Å². The van der Waals surface area contributed by atoms with E-state index in [9.17, 15) is 19.5 Å². The van der Waals surface area contributed by atoms with Crippen molar-refractivity contribution in [2.45, 2.75) is 0 Å². The summed E-state index contributed by atoms with van der Waals surface area (Å²) in [5.74, 6) is -2.25. The molecule has 0 bridgehead atoms. The summed E-state index contributed by atoms with van der Waals surface area (Å²) in [6.45, 7) is -0.837. The number of rotatable bonds is 5. The Bertz CT molecular complexity index is 1010. The molecule has 3 rings (SSSR count). The summed E-state index contributed by atoms with van der Waals surface area (Å²) in [7, 11) is 2.90. The molecule has 0 saturated heterocycles. The highest BCUT2D eigenvalue weighted by Crippen LogP contribution is 2.38. The minimum atomic E-state index is -1.53. The number of ether oxygens (including phenoxy) is 2. The lowest BCUT2D eigenvalue weighted by Crippen LogP contribution is -2.47. The zero-order valence-electron chi connectivity index (χ0n) is 15.0. The highest BCUT2D eigenvalue weighted by atomic mass is 35.5. The Morgan fingerprint density at radius 1 is 1.11 bits per heavy atom. The molecular formula is C20H15ClNO6-. The Hall–Kier alpha value is -3.32. The molecule has 1 heterocycles. The number of carboxylic acids is 1. The van der Waals surface area contributed by atoms with Gasteiger partial charge in [-0.25, -0.2) is 0 Å². The number of methoxy groups -OCH3 is 2. The number of carboxylic acid groups (broad SMARTS) is 1. The molecule has 144 valence electrons. The first-order chi connectivity index (χ1) is 13.4. The molecule has 0 radical (unpaired) electrons. The number of halogens is 1. The van der Waals surface area contributed by atoms with Gasteiger partial charge < -0.3 is 19.4 Å². The van der Waals surface area contributed by atoms with Crippen LogP contribution < -0.4 is 14.6 Å². The lowest BCUT2D eigenvalue weighted by molar-refractivity contribution is -0.305. The van der Waals surface area contributed by atoms with Crippen molar-refractivity contribution in [1.29, 1.82) is 0 Å². The van der Waals surface area contributed by atoms with Gasteiger partial charge in [0.05, 0.1) is 31.8 Å². The smallest absolute Gasteiger partial charge is 0.261 e. The fraction of sp³-hybridized carbons (Fsp3) is 0.150. The first-order valence-corrected chi connectivity index (χ1v) is 8.53. The van der Waals surface area contributed by atoms with Gasteiger partial charge in [-0.1, -0.05) is 29.8 Å². The van der Waals surface area contributed by atoms with Gasteiger partial charge in [0.15, 0.2) is 11.5 Å². The maximum atomic E-state index is 12.9. The third kappa shape index (κ3) is 3.44. The maximum absolute atomic E-state index is 12.9. The fourth-order valence-electron chi connectivity index (χ4n) is 3.00. The number of carbonyl (C=O) groups excluding carboxylic acids is 3. The molecule has 2 aromatic carbocycles. The quantitative estimate of drug-likeness (QED) is 0.559. The molecular weight excluding hydrogens is 386 g/mol. The fourth-order valence-corrected chi connectivity index (χ4v) is 3.30. The molecule has 2 amide bonds. The predicted octanol–water partition coefficient (Wildman–Crippen LogP) is 1.63. The van der Waals surface area contributed by atoms with Crippen LogP contribution in [0, 0.1) is 0 Å². The number of carbonyl (C=O) groups is 3. The zero-order chi connectivity index (χ0) is 20.4. The lowest BCUT2D eigenvalue weighted by atomic mass is 9.92. The van der Waals surface area contributed by atoms with E-state index in [0.29, 0.717) is 27.5 Å². The van der Waals surface area contributed by atoms with E-state index in [1.54, 1.807) is 30.3 Å². The molecule has 0 unspecified atom stereocenters. The largest absolute Gasteiger partial charge is 0.548 e. The van der Waals surface area contributed by atoms with Crippen molar-refractivity contribution >= 4 is 41.0 Å². The van der Waals surface area contributed by atoms with Crippen molar-refractivity contribution in [3.8, 4) is 11.5 Å². The number of nitrogens with zero attached hydrogens (tertiary/aromatic N) is 1. The van der Waals surface area contributed by atoms with Gasteiger partial charge in [-0.05, 0) is 35.4 Å². The van der Waals surface area contributed by atoms with E-state index in [2.05, 4.69) is 0 Å². The van der Waals surface area contributed by atoms with Crippen molar-refractivity contribution in [3.63, 3.8) is 0 Å². The van der Waals surface area contributed by atoms with Crippen LogP contribution in [0.3, 0.4) is 0 Å². The van der Waals surface area contributed by atoms with Crippen molar-refractivity contribution in [2.24, 2.45) is 0 Å². The Labute approximate surface area is 165 Å². The Morgan fingerprint density at radius 2 is 1.79 bits per heavy atom. The average molecular weight is 401 g/mol. The van der Waals surface area contributed by atoms with Gasteiger partial charge in [-0.2, -0.15) is 0 Å². The van der Waals surface area contributed by atoms with Crippen LogP contribution >= 0.6 is 11.6 Å². The highest BCUT2D eigenvalue weighted by Gasteiger charge is 2.34. The maximum Gasteiger partial charge on any atom is 0.261 e. The van der Waals surface area contributed by atoms with Gasteiger partial charge in [0.25, 0.3) is 11.8 Å². The number of imide groups is 1. The molecule has 2 aromatic rings. The number of amides is 2. The Morgan fingerprint density at radius 3 is 2.39 bits per heavy atom. The minimum Gasteiger partial charge on any atom is -0.548 e. The molecule has 0 fully saturated rings. The van der Waals surface area contributed by atoms with Gasteiger partial charge in [0.1, 0.15) is 0 Å². The van der Waals surface area contributed by atoms with Crippen LogP contribution in [0.5, 0.6) is 11.5 Å². The summed E-state index contributed by atoms with van der Waals surface area (Å²) >= 11 is 6.22. The van der Waals surface area contributed by atoms with E-state index in [1.165, 1.54) is 26.4 Å². The van der Waals surface area contributed by atoms with Crippen LogP contribution in [0.4, 0.5) is 0 Å². The van der Waals surface area contributed by atoms with E-state index in [0.717, 1.165) is 0 Å². The Balaban J connectivity index is 2.18. The van der Waals surface area contributed by atoms with Crippen LogP contribution in [-0.4, -0.2) is 43.4 Å². The molecule has 0 N–H and O–H groups in total. The second-order valence-electron chi connectivity index (χ2n) is 5.91. The second kappa shape index (κ2) is 7.74. The van der Waals surface area contributed by atoms with Crippen molar-refractivity contribution in [3.05, 3.63) is 58.1 Å². The molecule has 8 heteroatoms. The molecule has 0 aliphatic carbocycles. The lowest BCUT2D eigenvalue weighted by Gasteiger charge is -2.28. The van der Waals surface area contributed by atoms with E-state index in [1.807, 2.05) is 0 Å². The van der Waals surface area contributed by atoms with Gasteiger partial charge in [-0.3, -0.25) is 14.5 Å².